The van der Waals surface area contributed by atoms with Gasteiger partial charge in [0.15, 0.2) is 0 Å². The number of hydrogen-bond acceptors (Lipinski definition) is 4. The molecule has 6 nitrogen and oxygen atoms in total. The number of pyridine rings is 3. The third-order valence-electron chi connectivity index (χ3n) is 10.9. The van der Waals surface area contributed by atoms with E-state index in [1.165, 1.54) is 16.7 Å². The number of hydrogen-bond donors (Lipinski definition) is 0. The molecular weight excluding hydrogens is 834 g/mol. The Morgan fingerprint density at radius 3 is 2.09 bits per heavy atom. The van der Waals surface area contributed by atoms with Gasteiger partial charge in [0.25, 0.3) is 0 Å². The molecular formula is C46H29N5OPt. The first-order valence-corrected chi connectivity index (χ1v) is 17.5. The number of nitrogens with zero attached hydrogens (tertiary/aromatic N) is 5. The van der Waals surface area contributed by atoms with Crippen molar-refractivity contribution in [1.29, 1.82) is 0 Å². The molecule has 0 saturated carbocycles. The number of ether oxygens (including phenoxy) is 1. The van der Waals surface area contributed by atoms with Gasteiger partial charge in [0.1, 0.15) is 5.65 Å². The summed E-state index contributed by atoms with van der Waals surface area (Å²) >= 11 is 0. The molecule has 11 rings (SSSR count). The number of aryl methyl sites for hydroxylation is 2. The second-order valence-corrected chi connectivity index (χ2v) is 13.5. The van der Waals surface area contributed by atoms with Gasteiger partial charge in [-0.1, -0.05) is 107 Å². The Kier molecular flexibility index (Phi) is 6.98. The van der Waals surface area contributed by atoms with E-state index in [-0.39, 0.29) is 21.1 Å². The molecule has 0 fully saturated rings. The Bertz CT molecular complexity index is 3040. The first kappa shape index (κ1) is 31.6. The van der Waals surface area contributed by atoms with Crippen molar-refractivity contribution in [2.45, 2.75) is 19.3 Å². The average Bonchev–Trinajstić information content (AvgIpc) is 3.70. The molecule has 254 valence electrons. The van der Waals surface area contributed by atoms with Crippen LogP contribution in [0, 0.1) is 26.0 Å². The molecule has 10 aromatic rings. The Morgan fingerprint density at radius 1 is 0.604 bits per heavy atom. The van der Waals surface area contributed by atoms with Crippen LogP contribution >= 0.6 is 0 Å². The van der Waals surface area contributed by atoms with Gasteiger partial charge in [-0.25, -0.2) is 4.98 Å². The third kappa shape index (κ3) is 4.27. The van der Waals surface area contributed by atoms with Crippen LogP contribution < -0.4 is 4.74 Å². The van der Waals surface area contributed by atoms with Gasteiger partial charge < -0.3 is 13.7 Å². The summed E-state index contributed by atoms with van der Waals surface area (Å²) in [4.78, 5) is 14.7. The predicted molar refractivity (Wildman–Crippen MR) is 206 cm³/mol. The molecule has 0 radical (unpaired) electrons. The van der Waals surface area contributed by atoms with Crippen LogP contribution in [0.15, 0.2) is 140 Å². The zero-order valence-corrected chi connectivity index (χ0v) is 31.0. The van der Waals surface area contributed by atoms with E-state index in [0.717, 1.165) is 72.0 Å². The fraction of sp³-hybridized carbons (Fsp3) is 0.0652. The number of fused-ring (bicyclic) bond motifs is 11. The first-order chi connectivity index (χ1) is 25.6. The maximum absolute atomic E-state index is 6.70. The molecule has 0 atom stereocenters. The van der Waals surface area contributed by atoms with Crippen LogP contribution in [0.2, 0.25) is 0 Å². The molecule has 5 aromatic carbocycles. The summed E-state index contributed by atoms with van der Waals surface area (Å²) in [5.41, 5.74) is 11.8. The van der Waals surface area contributed by atoms with Gasteiger partial charge in [0.2, 0.25) is 0 Å². The molecule has 0 amide bonds. The molecule has 53 heavy (non-hydrogen) atoms. The minimum Gasteiger partial charge on any atom is -0.503 e. The Morgan fingerprint density at radius 2 is 1.30 bits per heavy atom. The molecule has 0 unspecified atom stereocenters. The van der Waals surface area contributed by atoms with E-state index in [2.05, 4.69) is 131 Å². The normalized spacial score (nSPS) is 13.1. The first-order valence-electron chi connectivity index (χ1n) is 17.5. The molecule has 0 saturated heterocycles. The Balaban J connectivity index is 0.00000349. The van der Waals surface area contributed by atoms with Crippen molar-refractivity contribution in [2.24, 2.45) is 0 Å². The molecule has 1 aliphatic heterocycles. The fourth-order valence-corrected chi connectivity index (χ4v) is 8.61. The number of imidazole rings is 1. The molecule has 1 aliphatic rings. The van der Waals surface area contributed by atoms with E-state index >= 15 is 0 Å². The molecule has 7 heteroatoms. The number of benzene rings is 5. The minimum atomic E-state index is -0.623. The van der Waals surface area contributed by atoms with Crippen molar-refractivity contribution < 1.29 is 25.8 Å². The van der Waals surface area contributed by atoms with E-state index in [1.54, 1.807) is 0 Å². The third-order valence-corrected chi connectivity index (χ3v) is 10.9. The van der Waals surface area contributed by atoms with Gasteiger partial charge in [-0.2, -0.15) is 6.07 Å². The minimum absolute atomic E-state index is 0. The molecule has 6 heterocycles. The molecule has 5 aromatic heterocycles. The second kappa shape index (κ2) is 11.7. The van der Waals surface area contributed by atoms with Crippen LogP contribution in [-0.2, 0) is 26.5 Å². The van der Waals surface area contributed by atoms with Gasteiger partial charge in [0.05, 0.1) is 22.2 Å². The second-order valence-electron chi connectivity index (χ2n) is 13.5. The Labute approximate surface area is 319 Å². The van der Waals surface area contributed by atoms with Gasteiger partial charge in [-0.15, -0.1) is 23.8 Å². The summed E-state index contributed by atoms with van der Waals surface area (Å²) in [6.07, 6.45) is 3.70. The van der Waals surface area contributed by atoms with Crippen molar-refractivity contribution in [3.05, 3.63) is 186 Å². The fourth-order valence-electron chi connectivity index (χ4n) is 8.61. The van der Waals surface area contributed by atoms with Crippen LogP contribution in [0.4, 0.5) is 0 Å². The van der Waals surface area contributed by atoms with Crippen LogP contribution in [0.25, 0.3) is 55.1 Å². The van der Waals surface area contributed by atoms with Gasteiger partial charge in [-0.3, -0.25) is 9.97 Å². The van der Waals surface area contributed by atoms with Gasteiger partial charge in [0, 0.05) is 51.5 Å². The summed E-state index contributed by atoms with van der Waals surface area (Å²) < 4.78 is 11.1. The van der Waals surface area contributed by atoms with Crippen molar-refractivity contribution in [3.63, 3.8) is 0 Å². The molecule has 0 spiro atoms. The SMILES string of the molecule is Cc1nc2c3[c-]c(Oc4[c-]c5c(cc4)C(c4ccccc4)(c4ccccc4)c4cccc6c7cccnc7n-5c46)ccc3c3ncccc3n2c1C.[Pt+2]. The standard InChI is InChI=1S/C46H29N5O.Pt/c1-28-29(2)50-40-19-11-24-47-42(40)34-22-20-32(26-37(34)45(50)49-28)52-33-21-23-38-41(27-33)51-43-35(36-17-10-25-48-44(36)51)16-9-18-39(43)46(38,30-12-5-3-6-13-30)31-14-7-4-8-15-31;/h3-25H,1-2H3;/q-2;+2. The van der Waals surface area contributed by atoms with E-state index in [9.17, 15) is 0 Å². The van der Waals surface area contributed by atoms with Crippen LogP contribution in [0.5, 0.6) is 11.5 Å². The summed E-state index contributed by atoms with van der Waals surface area (Å²) in [6.45, 7) is 4.13. The van der Waals surface area contributed by atoms with Crippen LogP contribution in [-0.4, -0.2) is 23.9 Å². The largest absolute Gasteiger partial charge is 2.00 e. The molecule has 0 bridgehead atoms. The number of aromatic nitrogens is 5. The van der Waals surface area contributed by atoms with Crippen molar-refractivity contribution >= 4 is 49.4 Å². The van der Waals surface area contributed by atoms with Crippen molar-refractivity contribution in [2.75, 3.05) is 0 Å². The Hall–Kier alpha value is -6.10. The average molecular weight is 863 g/mol. The van der Waals surface area contributed by atoms with Gasteiger partial charge in [-0.05, 0) is 54.8 Å². The number of para-hydroxylation sites is 1. The molecule has 0 N–H and O–H groups in total. The van der Waals surface area contributed by atoms with Crippen LogP contribution in [0.3, 0.4) is 0 Å². The maximum Gasteiger partial charge on any atom is 2.00 e. The number of rotatable bonds is 4. The van der Waals surface area contributed by atoms with Crippen molar-refractivity contribution in [1.82, 2.24) is 23.9 Å². The van der Waals surface area contributed by atoms with E-state index in [1.807, 2.05) is 43.6 Å². The van der Waals surface area contributed by atoms with Gasteiger partial charge >= 0.3 is 21.1 Å². The summed E-state index contributed by atoms with van der Waals surface area (Å²) in [5, 5.41) is 4.09. The zero-order chi connectivity index (χ0) is 34.6. The summed E-state index contributed by atoms with van der Waals surface area (Å²) in [5.74, 6) is 1.16. The predicted octanol–water partition coefficient (Wildman–Crippen LogP) is 10.2. The van der Waals surface area contributed by atoms with E-state index < -0.39 is 5.41 Å². The molecule has 0 aliphatic carbocycles. The summed E-state index contributed by atoms with van der Waals surface area (Å²) in [7, 11) is 0. The monoisotopic (exact) mass is 862 g/mol. The quantitative estimate of drug-likeness (QED) is 0.131. The zero-order valence-electron chi connectivity index (χ0n) is 28.7. The maximum atomic E-state index is 6.70. The summed E-state index contributed by atoms with van der Waals surface area (Å²) in [6, 6.07) is 52.1. The van der Waals surface area contributed by atoms with E-state index in [0.29, 0.717) is 11.5 Å². The van der Waals surface area contributed by atoms with E-state index in [4.69, 9.17) is 19.7 Å². The van der Waals surface area contributed by atoms with Crippen LogP contribution in [0.1, 0.15) is 33.6 Å². The smallest absolute Gasteiger partial charge is 0.503 e. The van der Waals surface area contributed by atoms with Crippen molar-refractivity contribution in [3.8, 4) is 17.2 Å². The topological polar surface area (TPSA) is 57.2 Å².